The number of nitrogen functional groups attached to an aromatic ring is 1. The van der Waals surface area contributed by atoms with Crippen LogP contribution in [0.5, 0.6) is 0 Å². The molecule has 2 amide bonds. The number of para-hydroxylation sites is 2. The van der Waals surface area contributed by atoms with Crippen LogP contribution in [0.15, 0.2) is 73.1 Å². The normalized spacial score (nSPS) is 9.78. The van der Waals surface area contributed by atoms with Gasteiger partial charge < -0.3 is 31.3 Å². The second-order valence-electron chi connectivity index (χ2n) is 7.32. The van der Waals surface area contributed by atoms with E-state index in [4.69, 9.17) is 20.7 Å². The summed E-state index contributed by atoms with van der Waals surface area (Å²) in [6.07, 6.45) is 2.18. The molecular weight excluding hydrogens is 468 g/mol. The van der Waals surface area contributed by atoms with Crippen LogP contribution in [0, 0.1) is 0 Å². The number of carboxylic acid groups (broad SMARTS) is 2. The largest absolute Gasteiger partial charge is 0.481 e. The third-order valence-corrected chi connectivity index (χ3v) is 4.51. The number of carboxylic acids is 2. The zero-order valence-electron chi connectivity index (χ0n) is 19.2. The number of nitrogens with two attached hydrogens (primary N) is 1. The summed E-state index contributed by atoms with van der Waals surface area (Å²) in [6, 6.07) is 17.6. The first-order valence-corrected chi connectivity index (χ1v) is 10.7. The topological polar surface area (TPSA) is 181 Å². The Labute approximate surface area is 206 Å². The maximum absolute atomic E-state index is 12.3. The highest BCUT2D eigenvalue weighted by Gasteiger charge is 2.08. The molecule has 1 heterocycles. The maximum Gasteiger partial charge on any atom is 0.407 e. The fourth-order valence-corrected chi connectivity index (χ4v) is 2.65. The summed E-state index contributed by atoms with van der Waals surface area (Å²) < 4.78 is 5.12. The molecule has 0 bridgehead atoms. The van der Waals surface area contributed by atoms with Crippen molar-refractivity contribution in [3.8, 4) is 0 Å². The van der Waals surface area contributed by atoms with Gasteiger partial charge in [-0.3, -0.25) is 19.4 Å². The molecule has 188 valence electrons. The van der Waals surface area contributed by atoms with Crippen molar-refractivity contribution < 1.29 is 34.1 Å². The molecule has 0 radical (unpaired) electrons. The van der Waals surface area contributed by atoms with Crippen LogP contribution in [0.1, 0.15) is 34.3 Å². The van der Waals surface area contributed by atoms with Crippen molar-refractivity contribution in [3.63, 3.8) is 0 Å². The summed E-state index contributed by atoms with van der Waals surface area (Å²) in [5.41, 5.74) is 9.04. The van der Waals surface area contributed by atoms with E-state index < -0.39 is 18.0 Å². The average molecular weight is 495 g/mol. The number of benzene rings is 2. The number of hydrogen-bond acceptors (Lipinski definition) is 7. The summed E-state index contributed by atoms with van der Waals surface area (Å²) in [4.78, 5) is 47.3. The Hall–Kier alpha value is -4.93. The van der Waals surface area contributed by atoms with Gasteiger partial charge in [-0.2, -0.15) is 0 Å². The van der Waals surface area contributed by atoms with E-state index in [1.165, 1.54) is 0 Å². The number of hydrogen-bond donors (Lipinski definition) is 5. The van der Waals surface area contributed by atoms with E-state index in [1.54, 1.807) is 67.0 Å². The molecule has 3 rings (SSSR count). The number of pyridine rings is 1. The third-order valence-electron chi connectivity index (χ3n) is 4.51. The molecule has 0 aliphatic rings. The number of aliphatic carboxylic acids is 2. The molecule has 36 heavy (non-hydrogen) atoms. The highest BCUT2D eigenvalue weighted by molar-refractivity contribution is 6.05. The first-order valence-electron chi connectivity index (χ1n) is 10.7. The minimum Gasteiger partial charge on any atom is -0.481 e. The van der Waals surface area contributed by atoms with Gasteiger partial charge in [-0.25, -0.2) is 4.79 Å². The Kier molecular flexibility index (Phi) is 10.9. The van der Waals surface area contributed by atoms with Gasteiger partial charge in [-0.1, -0.05) is 30.3 Å². The summed E-state index contributed by atoms with van der Waals surface area (Å²) in [6.45, 7) is 0.445. The van der Waals surface area contributed by atoms with Crippen molar-refractivity contribution in [1.29, 1.82) is 0 Å². The molecule has 1 aromatic heterocycles. The standard InChI is InChI=1S/C21H20N4O3.C4H6O4/c22-18-5-1-2-6-19(18)25-20(26)17-9-7-15(8-10-17)13-24-21(27)28-14-16-4-3-11-23-12-16;5-3(6)1-2-4(7)8/h1-12H,13-14,22H2,(H,24,27)(H,25,26);1-2H2,(H,5,6)(H,7,8). The van der Waals surface area contributed by atoms with E-state index >= 15 is 0 Å². The van der Waals surface area contributed by atoms with Crippen molar-refractivity contribution in [3.05, 3.63) is 89.7 Å². The Bertz CT molecular complexity index is 1150. The van der Waals surface area contributed by atoms with Crippen LogP contribution < -0.4 is 16.4 Å². The van der Waals surface area contributed by atoms with E-state index in [9.17, 15) is 19.2 Å². The molecule has 11 heteroatoms. The quantitative estimate of drug-likeness (QED) is 0.279. The van der Waals surface area contributed by atoms with E-state index in [1.807, 2.05) is 6.07 Å². The van der Waals surface area contributed by atoms with Crippen LogP contribution in [0.2, 0.25) is 0 Å². The van der Waals surface area contributed by atoms with Gasteiger partial charge in [0.05, 0.1) is 24.2 Å². The first kappa shape index (κ1) is 27.3. The zero-order chi connectivity index (χ0) is 26.3. The van der Waals surface area contributed by atoms with Gasteiger partial charge in [-0.05, 0) is 35.9 Å². The molecule has 2 aromatic carbocycles. The van der Waals surface area contributed by atoms with Crippen molar-refractivity contribution >= 4 is 35.3 Å². The highest BCUT2D eigenvalue weighted by Crippen LogP contribution is 2.18. The number of carbonyl (C=O) groups excluding carboxylic acids is 2. The van der Waals surface area contributed by atoms with Crippen LogP contribution in [0.4, 0.5) is 16.2 Å². The molecule has 11 nitrogen and oxygen atoms in total. The summed E-state index contributed by atoms with van der Waals surface area (Å²) in [5, 5.41) is 21.2. The van der Waals surface area contributed by atoms with E-state index in [2.05, 4.69) is 15.6 Å². The van der Waals surface area contributed by atoms with Crippen LogP contribution in [-0.2, 0) is 27.5 Å². The maximum atomic E-state index is 12.3. The van der Waals surface area contributed by atoms with Crippen molar-refractivity contribution in [1.82, 2.24) is 10.3 Å². The molecule has 0 unspecified atom stereocenters. The number of aromatic nitrogens is 1. The molecule has 3 aromatic rings. The number of amides is 2. The molecule has 0 spiro atoms. The lowest BCUT2D eigenvalue weighted by atomic mass is 10.1. The van der Waals surface area contributed by atoms with Crippen LogP contribution in [-0.4, -0.2) is 39.1 Å². The number of nitrogens with zero attached hydrogens (tertiary/aromatic N) is 1. The minimum atomic E-state index is -1.08. The molecule has 0 saturated heterocycles. The van der Waals surface area contributed by atoms with Crippen LogP contribution in [0.25, 0.3) is 0 Å². The molecular formula is C25H26N4O7. The molecule has 0 aliphatic heterocycles. The lowest BCUT2D eigenvalue weighted by Gasteiger charge is -2.09. The summed E-state index contributed by atoms with van der Waals surface area (Å²) in [5.74, 6) is -2.41. The second-order valence-corrected chi connectivity index (χ2v) is 7.32. The number of alkyl carbamates (subject to hydrolysis) is 1. The van der Waals surface area contributed by atoms with Crippen LogP contribution >= 0.6 is 0 Å². The number of carbonyl (C=O) groups is 4. The third kappa shape index (κ3) is 10.3. The summed E-state index contributed by atoms with van der Waals surface area (Å²) in [7, 11) is 0. The molecule has 0 aliphatic carbocycles. The molecule has 0 atom stereocenters. The predicted octanol–water partition coefficient (Wildman–Crippen LogP) is 3.28. The van der Waals surface area contributed by atoms with Crippen molar-refractivity contribution in [2.45, 2.75) is 26.0 Å². The zero-order valence-corrected chi connectivity index (χ0v) is 19.2. The highest BCUT2D eigenvalue weighted by atomic mass is 16.5. The van der Waals surface area contributed by atoms with E-state index in [0.717, 1.165) is 11.1 Å². The fourth-order valence-electron chi connectivity index (χ4n) is 2.65. The number of rotatable bonds is 9. The van der Waals surface area contributed by atoms with E-state index in [0.29, 0.717) is 23.5 Å². The van der Waals surface area contributed by atoms with E-state index in [-0.39, 0.29) is 25.4 Å². The minimum absolute atomic E-state index is 0.154. The van der Waals surface area contributed by atoms with Gasteiger partial charge in [0.15, 0.2) is 0 Å². The molecule has 0 saturated carbocycles. The lowest BCUT2D eigenvalue weighted by Crippen LogP contribution is -2.23. The molecule has 6 N–H and O–H groups in total. The number of anilines is 2. The van der Waals surface area contributed by atoms with Gasteiger partial charge >= 0.3 is 18.0 Å². The van der Waals surface area contributed by atoms with Crippen LogP contribution in [0.3, 0.4) is 0 Å². The predicted molar refractivity (Wildman–Crippen MR) is 131 cm³/mol. The Balaban J connectivity index is 0.000000493. The Morgan fingerprint density at radius 2 is 1.53 bits per heavy atom. The average Bonchev–Trinajstić information content (AvgIpc) is 2.87. The van der Waals surface area contributed by atoms with Gasteiger partial charge in [0.25, 0.3) is 5.91 Å². The van der Waals surface area contributed by atoms with Gasteiger partial charge in [0, 0.05) is 30.1 Å². The monoisotopic (exact) mass is 494 g/mol. The van der Waals surface area contributed by atoms with Crippen molar-refractivity contribution in [2.24, 2.45) is 0 Å². The SMILES string of the molecule is Nc1ccccc1NC(=O)c1ccc(CNC(=O)OCc2cccnc2)cc1.O=C(O)CCC(=O)O. The molecule has 0 fully saturated rings. The fraction of sp³-hybridized carbons (Fsp3) is 0.160. The number of nitrogens with one attached hydrogen (secondary N) is 2. The Morgan fingerprint density at radius 1 is 0.861 bits per heavy atom. The summed E-state index contributed by atoms with van der Waals surface area (Å²) >= 11 is 0. The Morgan fingerprint density at radius 3 is 2.11 bits per heavy atom. The van der Waals surface area contributed by atoms with Gasteiger partial charge in [-0.15, -0.1) is 0 Å². The first-order chi connectivity index (χ1) is 17.2. The lowest BCUT2D eigenvalue weighted by molar-refractivity contribution is -0.143. The van der Waals surface area contributed by atoms with Gasteiger partial charge in [0.1, 0.15) is 6.61 Å². The smallest absolute Gasteiger partial charge is 0.407 e. The van der Waals surface area contributed by atoms with Gasteiger partial charge in [0.2, 0.25) is 0 Å². The second kappa shape index (κ2) is 14.4. The number of ether oxygens (including phenoxy) is 1. The van der Waals surface area contributed by atoms with Crippen molar-refractivity contribution in [2.75, 3.05) is 11.1 Å².